The van der Waals surface area contributed by atoms with Crippen LogP contribution in [0.25, 0.3) is 0 Å². The van der Waals surface area contributed by atoms with E-state index in [9.17, 15) is 19.3 Å². The van der Waals surface area contributed by atoms with Gasteiger partial charge in [0.25, 0.3) is 0 Å². The fraction of sp³-hybridized carbons (Fsp3) is 0.769. The molecule has 1 fully saturated rings. The summed E-state index contributed by atoms with van der Waals surface area (Å²) in [7, 11) is 0. The largest absolute Gasteiger partial charge is 0.370 e. The molecule has 2 amide bonds. The first-order chi connectivity index (χ1) is 10.2. The lowest BCUT2D eigenvalue weighted by molar-refractivity contribution is -0.129. The van der Waals surface area contributed by atoms with E-state index in [1.165, 1.54) is 6.66 Å². The standard InChI is InChI=1S/C13H23N2O5PS/c1-21(19,22)20-11-5-2-9(3-6-11)13(18)15-10(8-16)4-7-12(14)17/h8-11H,2-7H2,1H3,(H2,14,17)(H,15,18)(H,19,22). The first-order valence-corrected chi connectivity index (χ1v) is 10.4. The average Bonchev–Trinajstić information content (AvgIpc) is 2.42. The lowest BCUT2D eigenvalue weighted by atomic mass is 9.86. The lowest BCUT2D eigenvalue weighted by Gasteiger charge is -2.29. The van der Waals surface area contributed by atoms with Crippen LogP contribution in [0.4, 0.5) is 0 Å². The molecule has 9 heteroatoms. The molecule has 1 saturated carbocycles. The Bertz CT molecular complexity index is 459. The van der Waals surface area contributed by atoms with Crippen molar-refractivity contribution in [2.75, 3.05) is 6.66 Å². The Morgan fingerprint density at radius 2 is 2.05 bits per heavy atom. The maximum absolute atomic E-state index is 12.1. The van der Waals surface area contributed by atoms with Crippen molar-refractivity contribution in [1.29, 1.82) is 0 Å². The summed E-state index contributed by atoms with van der Waals surface area (Å²) in [6, 6.07) is -0.687. The monoisotopic (exact) mass is 350 g/mol. The first-order valence-electron chi connectivity index (χ1n) is 7.24. The minimum Gasteiger partial charge on any atom is -0.370 e. The molecule has 1 aliphatic rings. The van der Waals surface area contributed by atoms with Crippen molar-refractivity contribution in [1.82, 2.24) is 5.32 Å². The lowest BCUT2D eigenvalue weighted by Crippen LogP contribution is -2.41. The molecule has 22 heavy (non-hydrogen) atoms. The molecule has 0 aromatic heterocycles. The normalized spacial score (nSPS) is 25.7. The van der Waals surface area contributed by atoms with E-state index in [1.54, 1.807) is 0 Å². The number of nitrogens with one attached hydrogen (secondary N) is 1. The summed E-state index contributed by atoms with van der Waals surface area (Å²) in [5.41, 5.74) is 5.03. The molecule has 0 bridgehead atoms. The van der Waals surface area contributed by atoms with Crippen molar-refractivity contribution >= 4 is 36.4 Å². The van der Waals surface area contributed by atoms with E-state index in [0.29, 0.717) is 32.0 Å². The third-order valence-corrected chi connectivity index (χ3v) is 4.53. The predicted octanol–water partition coefficient (Wildman–Crippen LogP) is 0.443. The fourth-order valence-corrected chi connectivity index (χ4v) is 3.61. The summed E-state index contributed by atoms with van der Waals surface area (Å²) in [4.78, 5) is 43.3. The van der Waals surface area contributed by atoms with Gasteiger partial charge in [-0.3, -0.25) is 9.59 Å². The average molecular weight is 350 g/mol. The molecule has 2 atom stereocenters. The number of nitrogens with two attached hydrogens (primary N) is 1. The first kappa shape index (κ1) is 19.2. The highest BCUT2D eigenvalue weighted by atomic mass is 32.5. The Balaban J connectivity index is 2.39. The smallest absolute Gasteiger partial charge is 0.223 e. The van der Waals surface area contributed by atoms with Gasteiger partial charge in [-0.2, -0.15) is 0 Å². The van der Waals surface area contributed by atoms with Gasteiger partial charge in [0.05, 0.1) is 12.1 Å². The van der Waals surface area contributed by atoms with Crippen LogP contribution < -0.4 is 11.1 Å². The van der Waals surface area contributed by atoms with Crippen molar-refractivity contribution in [3.8, 4) is 0 Å². The zero-order valence-electron chi connectivity index (χ0n) is 12.6. The number of amides is 2. The van der Waals surface area contributed by atoms with Crippen molar-refractivity contribution < 1.29 is 23.8 Å². The number of hydrogen-bond donors (Lipinski definition) is 3. The molecular formula is C13H23N2O5PS. The van der Waals surface area contributed by atoms with Gasteiger partial charge < -0.3 is 25.3 Å². The molecule has 7 nitrogen and oxygen atoms in total. The van der Waals surface area contributed by atoms with E-state index >= 15 is 0 Å². The number of primary amides is 1. The topological polar surface area (TPSA) is 119 Å². The summed E-state index contributed by atoms with van der Waals surface area (Å²) in [6.07, 6.45) is 3.32. The second-order valence-corrected chi connectivity index (χ2v) is 9.49. The molecule has 0 aromatic carbocycles. The highest BCUT2D eigenvalue weighted by molar-refractivity contribution is 8.09. The van der Waals surface area contributed by atoms with E-state index in [1.807, 2.05) is 0 Å². The minimum absolute atomic E-state index is 0.0574. The van der Waals surface area contributed by atoms with Gasteiger partial charge in [0.2, 0.25) is 11.8 Å². The Morgan fingerprint density at radius 3 is 2.50 bits per heavy atom. The van der Waals surface area contributed by atoms with Gasteiger partial charge in [0.1, 0.15) is 6.29 Å². The number of aldehydes is 1. The predicted molar refractivity (Wildman–Crippen MR) is 85.7 cm³/mol. The molecule has 2 unspecified atom stereocenters. The van der Waals surface area contributed by atoms with E-state index in [4.69, 9.17) is 22.1 Å². The number of hydrogen-bond acceptors (Lipinski definition) is 5. The quantitative estimate of drug-likeness (QED) is 0.432. The maximum Gasteiger partial charge on any atom is 0.223 e. The van der Waals surface area contributed by atoms with Crippen LogP contribution >= 0.6 is 6.49 Å². The highest BCUT2D eigenvalue weighted by Gasteiger charge is 2.29. The van der Waals surface area contributed by atoms with E-state index in [2.05, 4.69) is 5.32 Å². The molecular weight excluding hydrogens is 327 g/mol. The third kappa shape index (κ3) is 7.45. The van der Waals surface area contributed by atoms with Gasteiger partial charge in [0, 0.05) is 19.0 Å². The Kier molecular flexibility index (Phi) is 7.62. The molecule has 0 heterocycles. The van der Waals surface area contributed by atoms with Crippen LogP contribution in [-0.4, -0.2) is 41.8 Å². The molecule has 0 aliphatic heterocycles. The number of carbonyl (C=O) groups excluding carboxylic acids is 3. The molecule has 4 N–H and O–H groups in total. The van der Waals surface area contributed by atoms with Crippen molar-refractivity contribution in [3.05, 3.63) is 0 Å². The summed E-state index contributed by atoms with van der Waals surface area (Å²) in [5, 5.41) is 2.64. The molecule has 0 spiro atoms. The van der Waals surface area contributed by atoms with Crippen molar-refractivity contribution in [3.63, 3.8) is 0 Å². The maximum atomic E-state index is 12.1. The van der Waals surface area contributed by atoms with Crippen LogP contribution in [0.15, 0.2) is 0 Å². The zero-order chi connectivity index (χ0) is 16.8. The van der Waals surface area contributed by atoms with Gasteiger partial charge >= 0.3 is 0 Å². The van der Waals surface area contributed by atoms with Crippen LogP contribution in [0, 0.1) is 5.92 Å². The van der Waals surface area contributed by atoms with Crippen molar-refractivity contribution in [2.45, 2.75) is 50.7 Å². The van der Waals surface area contributed by atoms with Gasteiger partial charge in [-0.15, -0.1) is 0 Å². The van der Waals surface area contributed by atoms with Crippen LogP contribution in [0.1, 0.15) is 38.5 Å². The number of carbonyl (C=O) groups is 3. The SMILES string of the molecule is CP(O)(=S)OC1CCC(C(=O)NC(C=O)CCC(N)=O)CC1. The zero-order valence-corrected chi connectivity index (χ0v) is 14.3. The Hall–Kier alpha value is -0.820. The van der Waals surface area contributed by atoms with E-state index < -0.39 is 18.4 Å². The summed E-state index contributed by atoms with van der Waals surface area (Å²) in [5.74, 6) is -0.887. The van der Waals surface area contributed by atoms with Crippen LogP contribution in [0.2, 0.25) is 0 Å². The molecule has 1 aliphatic carbocycles. The van der Waals surface area contributed by atoms with Gasteiger partial charge in [-0.05, 0) is 43.9 Å². The van der Waals surface area contributed by atoms with Crippen LogP contribution in [-0.2, 0) is 30.7 Å². The molecule has 0 radical (unpaired) electrons. The minimum atomic E-state index is -2.68. The Morgan fingerprint density at radius 1 is 1.45 bits per heavy atom. The second kappa shape index (κ2) is 8.72. The molecule has 0 aromatic rings. The highest BCUT2D eigenvalue weighted by Crippen LogP contribution is 2.42. The summed E-state index contributed by atoms with van der Waals surface area (Å²) < 4.78 is 5.42. The van der Waals surface area contributed by atoms with Crippen molar-refractivity contribution in [2.24, 2.45) is 11.7 Å². The van der Waals surface area contributed by atoms with Gasteiger partial charge in [0.15, 0.2) is 6.49 Å². The van der Waals surface area contributed by atoms with Gasteiger partial charge in [-0.25, -0.2) is 0 Å². The molecule has 0 saturated heterocycles. The van der Waals surface area contributed by atoms with Gasteiger partial charge in [-0.1, -0.05) is 0 Å². The third-order valence-electron chi connectivity index (χ3n) is 3.58. The fourth-order valence-electron chi connectivity index (χ4n) is 2.48. The summed E-state index contributed by atoms with van der Waals surface area (Å²) >= 11 is 4.86. The molecule has 126 valence electrons. The molecule has 1 rings (SSSR count). The van der Waals surface area contributed by atoms with Crippen LogP contribution in [0.5, 0.6) is 0 Å². The Labute approximate surface area is 135 Å². The number of rotatable bonds is 8. The van der Waals surface area contributed by atoms with E-state index in [-0.39, 0.29) is 30.8 Å². The van der Waals surface area contributed by atoms with E-state index in [0.717, 1.165) is 0 Å². The van der Waals surface area contributed by atoms with Crippen LogP contribution in [0.3, 0.4) is 0 Å². The summed E-state index contributed by atoms with van der Waals surface area (Å²) in [6.45, 7) is -1.17. The second-order valence-electron chi connectivity index (χ2n) is 5.64.